The van der Waals surface area contributed by atoms with Gasteiger partial charge in [0.05, 0.1) is 24.8 Å². The average Bonchev–Trinajstić information content (AvgIpc) is 2.78. The summed E-state index contributed by atoms with van der Waals surface area (Å²) in [7, 11) is 0. The first-order chi connectivity index (χ1) is 10.2. The van der Waals surface area contributed by atoms with Crippen LogP contribution in [0.25, 0.3) is 0 Å². The second kappa shape index (κ2) is 8.73. The van der Waals surface area contributed by atoms with E-state index >= 15 is 0 Å². The summed E-state index contributed by atoms with van der Waals surface area (Å²) in [5.41, 5.74) is -0.569. The number of carbonyl (C=O) groups is 1. The van der Waals surface area contributed by atoms with Crippen molar-refractivity contribution < 1.29 is 19.7 Å². The number of hydrogen-bond acceptors (Lipinski definition) is 4. The highest BCUT2D eigenvalue weighted by Crippen LogP contribution is 2.25. The highest BCUT2D eigenvalue weighted by atomic mass is 16.6. The highest BCUT2D eigenvalue weighted by Gasteiger charge is 2.40. The lowest BCUT2D eigenvalue weighted by Crippen LogP contribution is -2.45. The van der Waals surface area contributed by atoms with E-state index < -0.39 is 23.9 Å². The van der Waals surface area contributed by atoms with Crippen LogP contribution in [-0.4, -0.2) is 51.6 Å². The molecule has 0 aliphatic carbocycles. The maximum absolute atomic E-state index is 12.2. The number of β-amino-alcohol motifs (C(OH)–C–C–N with tert-alkyl or cyclic N) is 1. The second-order valence-electron chi connectivity index (χ2n) is 7.36. The van der Waals surface area contributed by atoms with Crippen LogP contribution in [0.1, 0.15) is 72.6 Å². The average molecular weight is 315 g/mol. The molecule has 0 spiro atoms. The van der Waals surface area contributed by atoms with Crippen LogP contribution in [0.2, 0.25) is 0 Å². The molecule has 130 valence electrons. The van der Waals surface area contributed by atoms with Crippen LogP contribution in [0.5, 0.6) is 0 Å². The molecule has 1 aliphatic rings. The molecule has 0 aromatic rings. The first-order valence-corrected chi connectivity index (χ1v) is 8.60. The van der Waals surface area contributed by atoms with Crippen LogP contribution < -0.4 is 0 Å². The predicted molar refractivity (Wildman–Crippen MR) is 86.7 cm³/mol. The Morgan fingerprint density at radius 1 is 1.27 bits per heavy atom. The largest absolute Gasteiger partial charge is 0.444 e. The normalized spacial score (nSPS) is 23.6. The van der Waals surface area contributed by atoms with Crippen LogP contribution in [-0.2, 0) is 4.74 Å². The Morgan fingerprint density at radius 2 is 1.91 bits per heavy atom. The summed E-state index contributed by atoms with van der Waals surface area (Å²) in [5.74, 6) is 0. The molecule has 0 saturated carbocycles. The molecule has 2 N–H and O–H groups in total. The van der Waals surface area contributed by atoms with Gasteiger partial charge in [-0.2, -0.15) is 0 Å². The monoisotopic (exact) mass is 315 g/mol. The summed E-state index contributed by atoms with van der Waals surface area (Å²) in [4.78, 5) is 13.7. The summed E-state index contributed by atoms with van der Waals surface area (Å²) < 4.78 is 5.37. The Morgan fingerprint density at radius 3 is 2.50 bits per heavy atom. The number of carbonyl (C=O) groups excluding carboxylic acids is 1. The fraction of sp³-hybridized carbons (Fsp3) is 0.941. The molecule has 0 radical (unpaired) electrons. The first kappa shape index (κ1) is 19.2. The van der Waals surface area contributed by atoms with Crippen LogP contribution in [0.4, 0.5) is 4.79 Å². The van der Waals surface area contributed by atoms with E-state index in [0.717, 1.165) is 12.8 Å². The zero-order valence-corrected chi connectivity index (χ0v) is 14.5. The maximum Gasteiger partial charge on any atom is 0.410 e. The number of amides is 1. The van der Waals surface area contributed by atoms with E-state index in [-0.39, 0.29) is 12.6 Å². The molecule has 1 aliphatic heterocycles. The fourth-order valence-electron chi connectivity index (χ4n) is 2.89. The molecule has 1 fully saturated rings. The minimum Gasteiger partial charge on any atom is -0.444 e. The lowest BCUT2D eigenvalue weighted by molar-refractivity contribution is 0.00309. The molecule has 5 nitrogen and oxygen atoms in total. The molecule has 0 bridgehead atoms. The highest BCUT2D eigenvalue weighted by molar-refractivity contribution is 5.69. The van der Waals surface area contributed by atoms with Gasteiger partial charge in [0.2, 0.25) is 0 Å². The number of nitrogens with zero attached hydrogens (tertiary/aromatic N) is 1. The van der Waals surface area contributed by atoms with Crippen LogP contribution in [0.15, 0.2) is 0 Å². The Bertz CT molecular complexity index is 340. The minimum absolute atomic E-state index is 0.243. The van der Waals surface area contributed by atoms with Gasteiger partial charge in [-0.15, -0.1) is 0 Å². The van der Waals surface area contributed by atoms with Gasteiger partial charge in [0, 0.05) is 0 Å². The number of rotatable bonds is 7. The number of hydrogen-bond donors (Lipinski definition) is 2. The Labute approximate surface area is 134 Å². The third-order valence-electron chi connectivity index (χ3n) is 4.00. The first-order valence-electron chi connectivity index (χ1n) is 8.60. The van der Waals surface area contributed by atoms with Gasteiger partial charge in [-0.25, -0.2) is 4.79 Å². The molecule has 1 heterocycles. The summed E-state index contributed by atoms with van der Waals surface area (Å²) in [6.45, 7) is 7.86. The number of unbranched alkanes of at least 4 members (excludes halogenated alkanes) is 4. The molecule has 1 rings (SSSR count). The van der Waals surface area contributed by atoms with E-state index in [4.69, 9.17) is 4.74 Å². The lowest BCUT2D eigenvalue weighted by Gasteiger charge is -2.30. The van der Waals surface area contributed by atoms with E-state index in [1.165, 1.54) is 24.2 Å². The molecule has 22 heavy (non-hydrogen) atoms. The molecule has 1 amide bonds. The molecular formula is C17H33NO4. The van der Waals surface area contributed by atoms with Crippen LogP contribution in [0, 0.1) is 0 Å². The summed E-state index contributed by atoms with van der Waals surface area (Å²) in [5, 5.41) is 20.2. The van der Waals surface area contributed by atoms with Gasteiger partial charge in [-0.3, -0.25) is 4.90 Å². The molecule has 5 heteroatoms. The van der Waals surface area contributed by atoms with Gasteiger partial charge < -0.3 is 14.9 Å². The van der Waals surface area contributed by atoms with Gasteiger partial charge in [0.1, 0.15) is 5.60 Å². The van der Waals surface area contributed by atoms with Crippen LogP contribution >= 0.6 is 0 Å². The van der Waals surface area contributed by atoms with E-state index in [0.29, 0.717) is 12.8 Å². The van der Waals surface area contributed by atoms with Crippen molar-refractivity contribution >= 4 is 6.09 Å². The second-order valence-corrected chi connectivity index (χ2v) is 7.36. The SMILES string of the molecule is CCCCCCCC(O)[C@@H]1C[C@@H](O)CN1C(=O)OC(C)(C)C. The number of aliphatic hydroxyl groups excluding tert-OH is 2. The van der Waals surface area contributed by atoms with E-state index in [1.807, 2.05) is 20.8 Å². The van der Waals surface area contributed by atoms with E-state index in [2.05, 4.69) is 6.92 Å². The van der Waals surface area contributed by atoms with E-state index in [1.54, 1.807) is 0 Å². The predicted octanol–water partition coefficient (Wildman–Crippen LogP) is 3.08. The van der Waals surface area contributed by atoms with Gasteiger partial charge in [-0.1, -0.05) is 39.0 Å². The van der Waals surface area contributed by atoms with Crippen molar-refractivity contribution in [1.82, 2.24) is 4.90 Å². The third-order valence-corrected chi connectivity index (χ3v) is 4.00. The van der Waals surface area contributed by atoms with Crippen molar-refractivity contribution in [3.8, 4) is 0 Å². The summed E-state index contributed by atoms with van der Waals surface area (Å²) in [6.07, 6.45) is 5.15. The molecule has 1 unspecified atom stereocenters. The fourth-order valence-corrected chi connectivity index (χ4v) is 2.89. The zero-order chi connectivity index (χ0) is 16.8. The standard InChI is InChI=1S/C17H33NO4/c1-5-6-7-8-9-10-15(20)14-11-13(19)12-18(14)16(21)22-17(2,3)4/h13-15,19-20H,5-12H2,1-4H3/t13-,14+,15?/m1/s1. The Hall–Kier alpha value is -0.810. The van der Waals surface area contributed by atoms with Gasteiger partial charge in [0.15, 0.2) is 0 Å². The molecule has 3 atom stereocenters. The number of aliphatic hydroxyl groups is 2. The van der Waals surface area contributed by atoms with Crippen molar-refractivity contribution in [3.05, 3.63) is 0 Å². The summed E-state index contributed by atoms with van der Waals surface area (Å²) in [6, 6.07) is -0.337. The quantitative estimate of drug-likeness (QED) is 0.708. The molecular weight excluding hydrogens is 282 g/mol. The smallest absolute Gasteiger partial charge is 0.410 e. The van der Waals surface area contributed by atoms with Crippen molar-refractivity contribution in [2.45, 2.75) is 96.5 Å². The minimum atomic E-state index is -0.591. The van der Waals surface area contributed by atoms with Crippen LogP contribution in [0.3, 0.4) is 0 Å². The zero-order valence-electron chi connectivity index (χ0n) is 14.5. The number of ether oxygens (including phenoxy) is 1. The molecule has 0 aromatic heterocycles. The van der Waals surface area contributed by atoms with Gasteiger partial charge in [0.25, 0.3) is 0 Å². The third kappa shape index (κ3) is 6.53. The number of likely N-dealkylation sites (tertiary alicyclic amines) is 1. The lowest BCUT2D eigenvalue weighted by atomic mass is 10.0. The van der Waals surface area contributed by atoms with E-state index in [9.17, 15) is 15.0 Å². The summed E-state index contributed by atoms with van der Waals surface area (Å²) >= 11 is 0. The van der Waals surface area contributed by atoms with Crippen molar-refractivity contribution in [2.75, 3.05) is 6.54 Å². The van der Waals surface area contributed by atoms with Gasteiger partial charge in [-0.05, 0) is 33.6 Å². The Balaban J connectivity index is 2.49. The van der Waals surface area contributed by atoms with Crippen molar-refractivity contribution in [2.24, 2.45) is 0 Å². The molecule has 0 aromatic carbocycles. The topological polar surface area (TPSA) is 70.0 Å². The van der Waals surface area contributed by atoms with Crippen molar-refractivity contribution in [1.29, 1.82) is 0 Å². The Kier molecular flexibility index (Phi) is 7.63. The molecule has 1 saturated heterocycles. The van der Waals surface area contributed by atoms with Gasteiger partial charge >= 0.3 is 6.09 Å². The maximum atomic E-state index is 12.2. The van der Waals surface area contributed by atoms with Crippen molar-refractivity contribution in [3.63, 3.8) is 0 Å².